The van der Waals surface area contributed by atoms with Gasteiger partial charge in [0.05, 0.1) is 23.0 Å². The molecule has 0 amide bonds. The zero-order chi connectivity index (χ0) is 30.4. The molecule has 5 rings (SSSR count). The van der Waals surface area contributed by atoms with Crippen LogP contribution in [0.15, 0.2) is 97.1 Å². The fraction of sp³-hybridized carbons (Fsp3) is 0.235. The normalized spacial score (nSPS) is 11.5. The van der Waals surface area contributed by atoms with Gasteiger partial charge >= 0.3 is 6.16 Å². The fourth-order valence-electron chi connectivity index (χ4n) is 5.24. The molecule has 4 aromatic carbocycles. The first kappa shape index (κ1) is 29.8. The SMILES string of the molecule is CCCCc1nc2ccc(N(CCc3ccccc3)S(C)(=O)=O)cc2n1Cc1ccc(-c2ccccc2OC(=O)O)cc1. The minimum Gasteiger partial charge on any atom is -0.449 e. The number of benzene rings is 4. The third-order valence-electron chi connectivity index (χ3n) is 7.39. The van der Waals surface area contributed by atoms with Crippen LogP contribution in [0.25, 0.3) is 22.2 Å². The molecule has 43 heavy (non-hydrogen) atoms. The van der Waals surface area contributed by atoms with E-state index in [1.807, 2.05) is 84.9 Å². The topological polar surface area (TPSA) is 102 Å². The van der Waals surface area contributed by atoms with Gasteiger partial charge < -0.3 is 14.4 Å². The predicted octanol–water partition coefficient (Wildman–Crippen LogP) is 7.16. The molecule has 0 fully saturated rings. The van der Waals surface area contributed by atoms with Crippen molar-refractivity contribution in [2.45, 2.75) is 39.2 Å². The van der Waals surface area contributed by atoms with Crippen LogP contribution in [0, 0.1) is 0 Å². The van der Waals surface area contributed by atoms with Crippen LogP contribution >= 0.6 is 0 Å². The Kier molecular flexibility index (Phi) is 9.11. The van der Waals surface area contributed by atoms with Crippen LogP contribution in [-0.2, 0) is 29.4 Å². The summed E-state index contributed by atoms with van der Waals surface area (Å²) in [5, 5.41) is 9.11. The van der Waals surface area contributed by atoms with Crippen LogP contribution in [-0.4, -0.2) is 42.0 Å². The van der Waals surface area contributed by atoms with Gasteiger partial charge in [-0.25, -0.2) is 18.2 Å². The number of carbonyl (C=O) groups is 1. The molecule has 9 heteroatoms. The maximum absolute atomic E-state index is 12.9. The lowest BCUT2D eigenvalue weighted by molar-refractivity contribution is 0.144. The van der Waals surface area contributed by atoms with E-state index in [2.05, 4.69) is 11.5 Å². The molecule has 0 aliphatic carbocycles. The van der Waals surface area contributed by atoms with Crippen molar-refractivity contribution in [2.75, 3.05) is 17.1 Å². The van der Waals surface area contributed by atoms with Crippen molar-refractivity contribution in [3.63, 3.8) is 0 Å². The second-order valence-electron chi connectivity index (χ2n) is 10.5. The molecule has 0 unspecified atom stereocenters. The standard InChI is InChI=1S/C34H35N3O5S/c1-3-4-14-33-35-30-20-19-28(37(43(2,40)41)22-21-25-10-6-5-7-11-25)23-31(30)36(33)24-26-15-17-27(18-16-26)29-12-8-9-13-32(29)42-34(38)39/h5-13,15-20,23H,3-4,14,21-22,24H2,1-2H3,(H,38,39). The van der Waals surface area contributed by atoms with Crippen molar-refractivity contribution < 1.29 is 23.1 Å². The minimum absolute atomic E-state index is 0.278. The van der Waals surface area contributed by atoms with Crippen LogP contribution in [0.1, 0.15) is 36.7 Å². The Hall–Kier alpha value is -4.63. The molecule has 222 valence electrons. The monoisotopic (exact) mass is 597 g/mol. The summed E-state index contributed by atoms with van der Waals surface area (Å²) in [5.74, 6) is 1.23. The Morgan fingerprint density at radius 1 is 0.907 bits per heavy atom. The molecule has 0 radical (unpaired) electrons. The number of ether oxygens (including phenoxy) is 1. The molecule has 1 aromatic heterocycles. The maximum Gasteiger partial charge on any atom is 0.511 e. The molecule has 0 spiro atoms. The number of para-hydroxylation sites is 1. The van der Waals surface area contributed by atoms with Gasteiger partial charge in [0.1, 0.15) is 11.6 Å². The first-order valence-corrected chi connectivity index (χ1v) is 16.2. The van der Waals surface area contributed by atoms with E-state index in [1.165, 1.54) is 10.6 Å². The number of anilines is 1. The Labute approximate surface area is 252 Å². The van der Waals surface area contributed by atoms with Crippen LogP contribution in [0.2, 0.25) is 0 Å². The quantitative estimate of drug-likeness (QED) is 0.121. The summed E-state index contributed by atoms with van der Waals surface area (Å²) in [4.78, 5) is 16.1. The van der Waals surface area contributed by atoms with Gasteiger partial charge in [0.25, 0.3) is 0 Å². The van der Waals surface area contributed by atoms with Crippen LogP contribution < -0.4 is 9.04 Å². The predicted molar refractivity (Wildman–Crippen MR) is 170 cm³/mol. The van der Waals surface area contributed by atoms with Gasteiger partial charge in [0.2, 0.25) is 10.0 Å². The largest absolute Gasteiger partial charge is 0.511 e. The average molecular weight is 598 g/mol. The van der Waals surface area contributed by atoms with Crippen LogP contribution in [0.4, 0.5) is 10.5 Å². The maximum atomic E-state index is 12.9. The van der Waals surface area contributed by atoms with E-state index in [9.17, 15) is 13.2 Å². The summed E-state index contributed by atoms with van der Waals surface area (Å²) in [5.41, 5.74) is 5.95. The molecule has 0 bridgehead atoms. The summed E-state index contributed by atoms with van der Waals surface area (Å²) in [6.45, 7) is 3.03. The van der Waals surface area contributed by atoms with Gasteiger partial charge in [-0.15, -0.1) is 0 Å². The highest BCUT2D eigenvalue weighted by Crippen LogP contribution is 2.31. The number of imidazole rings is 1. The molecular formula is C34H35N3O5S. The fourth-order valence-corrected chi connectivity index (χ4v) is 6.16. The smallest absolute Gasteiger partial charge is 0.449 e. The summed E-state index contributed by atoms with van der Waals surface area (Å²) < 4.78 is 34.4. The van der Waals surface area contributed by atoms with Gasteiger partial charge in [-0.3, -0.25) is 4.31 Å². The highest BCUT2D eigenvalue weighted by Gasteiger charge is 2.20. The van der Waals surface area contributed by atoms with Crippen molar-refractivity contribution in [3.05, 3.63) is 114 Å². The molecule has 1 heterocycles. The van der Waals surface area contributed by atoms with Gasteiger partial charge in [0, 0.05) is 25.1 Å². The molecule has 0 saturated heterocycles. The lowest BCUT2D eigenvalue weighted by Gasteiger charge is -2.23. The van der Waals surface area contributed by atoms with Crippen molar-refractivity contribution in [1.82, 2.24) is 9.55 Å². The molecule has 0 aliphatic heterocycles. The number of hydrogen-bond donors (Lipinski definition) is 1. The van der Waals surface area contributed by atoms with Gasteiger partial charge in [0.15, 0.2) is 0 Å². The minimum atomic E-state index is -3.52. The van der Waals surface area contributed by atoms with Gasteiger partial charge in [-0.1, -0.05) is 86.1 Å². The number of aryl methyl sites for hydroxylation is 1. The van der Waals surface area contributed by atoms with Crippen molar-refractivity contribution >= 4 is 32.9 Å². The molecule has 0 aliphatic rings. The Morgan fingerprint density at radius 3 is 2.33 bits per heavy atom. The number of nitrogens with zero attached hydrogens (tertiary/aromatic N) is 3. The van der Waals surface area contributed by atoms with Gasteiger partial charge in [-0.05, 0) is 53.8 Å². The summed E-state index contributed by atoms with van der Waals surface area (Å²) in [6.07, 6.45) is 3.31. The van der Waals surface area contributed by atoms with Crippen LogP contribution in [0.3, 0.4) is 0 Å². The number of fused-ring (bicyclic) bond motifs is 1. The first-order valence-electron chi connectivity index (χ1n) is 14.3. The molecule has 5 aromatic rings. The lowest BCUT2D eigenvalue weighted by atomic mass is 10.0. The number of carboxylic acid groups (broad SMARTS) is 1. The van der Waals surface area contributed by atoms with E-state index >= 15 is 0 Å². The molecule has 8 nitrogen and oxygen atoms in total. The highest BCUT2D eigenvalue weighted by molar-refractivity contribution is 7.92. The summed E-state index contributed by atoms with van der Waals surface area (Å²) in [7, 11) is -3.52. The molecule has 0 saturated carbocycles. The Morgan fingerprint density at radius 2 is 1.63 bits per heavy atom. The van der Waals surface area contributed by atoms with E-state index in [-0.39, 0.29) is 5.75 Å². The molecular weight excluding hydrogens is 562 g/mol. The number of hydrogen-bond acceptors (Lipinski definition) is 5. The van der Waals surface area contributed by atoms with E-state index in [0.717, 1.165) is 52.8 Å². The van der Waals surface area contributed by atoms with Gasteiger partial charge in [-0.2, -0.15) is 0 Å². The molecule has 0 atom stereocenters. The van der Waals surface area contributed by atoms with Crippen LogP contribution in [0.5, 0.6) is 5.75 Å². The van der Waals surface area contributed by atoms with E-state index in [4.69, 9.17) is 14.8 Å². The average Bonchev–Trinajstić information content (AvgIpc) is 3.32. The van der Waals surface area contributed by atoms with E-state index < -0.39 is 16.2 Å². The lowest BCUT2D eigenvalue weighted by Crippen LogP contribution is -2.31. The number of sulfonamides is 1. The highest BCUT2D eigenvalue weighted by atomic mass is 32.2. The zero-order valence-corrected chi connectivity index (χ0v) is 25.1. The Bertz CT molecular complexity index is 1820. The third-order valence-corrected chi connectivity index (χ3v) is 8.58. The number of rotatable bonds is 12. The summed E-state index contributed by atoms with van der Waals surface area (Å²) in [6, 6.07) is 30.5. The van der Waals surface area contributed by atoms with E-state index in [0.29, 0.717) is 30.8 Å². The second-order valence-corrected chi connectivity index (χ2v) is 12.4. The van der Waals surface area contributed by atoms with Crippen molar-refractivity contribution in [1.29, 1.82) is 0 Å². The number of unbranched alkanes of at least 4 members (excludes halogenated alkanes) is 1. The second kappa shape index (κ2) is 13.1. The number of aromatic nitrogens is 2. The van der Waals surface area contributed by atoms with E-state index in [1.54, 1.807) is 12.1 Å². The third kappa shape index (κ3) is 7.24. The Balaban J connectivity index is 1.48. The molecule has 1 N–H and O–H groups in total. The zero-order valence-electron chi connectivity index (χ0n) is 24.3. The summed E-state index contributed by atoms with van der Waals surface area (Å²) >= 11 is 0. The van der Waals surface area contributed by atoms with Crippen molar-refractivity contribution in [2.24, 2.45) is 0 Å². The first-order chi connectivity index (χ1) is 20.7. The van der Waals surface area contributed by atoms with Crippen molar-refractivity contribution in [3.8, 4) is 16.9 Å².